The van der Waals surface area contributed by atoms with E-state index in [1.807, 2.05) is 0 Å². The van der Waals surface area contributed by atoms with Gasteiger partial charge in [-0.2, -0.15) is 5.10 Å². The van der Waals surface area contributed by atoms with Gasteiger partial charge in [0.05, 0.1) is 26.0 Å². The first-order valence-electron chi connectivity index (χ1n) is 5.88. The van der Waals surface area contributed by atoms with Gasteiger partial charge in [0.15, 0.2) is 5.84 Å². The summed E-state index contributed by atoms with van der Waals surface area (Å²) in [5.41, 5.74) is 5.88. The summed E-state index contributed by atoms with van der Waals surface area (Å²) >= 11 is 0. The summed E-state index contributed by atoms with van der Waals surface area (Å²) in [6.07, 6.45) is 1.41. The van der Waals surface area contributed by atoms with Gasteiger partial charge in [0, 0.05) is 18.2 Å². The molecule has 0 saturated heterocycles. The maximum Gasteiger partial charge on any atom is 0.250 e. The normalized spacial score (nSPS) is 11.0. The molecule has 0 fully saturated rings. The second-order valence-corrected chi connectivity index (χ2v) is 3.89. The second-order valence-electron chi connectivity index (χ2n) is 3.89. The van der Waals surface area contributed by atoms with Crippen LogP contribution in [0.3, 0.4) is 0 Å². The zero-order valence-electron chi connectivity index (χ0n) is 11.5. The maximum absolute atomic E-state index is 8.76. The largest absolute Gasteiger partial charge is 0.496 e. The van der Waals surface area contributed by atoms with Crippen LogP contribution in [-0.2, 0) is 0 Å². The van der Waals surface area contributed by atoms with Crippen LogP contribution in [0, 0.1) is 0 Å². The molecule has 0 aliphatic rings. The monoisotopic (exact) mass is 290 g/mol. The molecular weight excluding hydrogens is 276 g/mol. The van der Waals surface area contributed by atoms with Crippen molar-refractivity contribution < 1.29 is 19.4 Å². The Kier molecular flexibility index (Phi) is 4.39. The highest BCUT2D eigenvalue weighted by Crippen LogP contribution is 2.30. The van der Waals surface area contributed by atoms with Crippen molar-refractivity contribution in [3.63, 3.8) is 0 Å². The van der Waals surface area contributed by atoms with Gasteiger partial charge >= 0.3 is 0 Å². The van der Waals surface area contributed by atoms with Crippen LogP contribution in [0.2, 0.25) is 0 Å². The van der Waals surface area contributed by atoms with Crippen LogP contribution in [0.15, 0.2) is 35.6 Å². The molecule has 0 spiro atoms. The van der Waals surface area contributed by atoms with Gasteiger partial charge in [0.2, 0.25) is 5.88 Å². The SMILES string of the molecule is COc1cc(OC)cc(Oc2nnccc2/C(N)=N/O)c1. The minimum absolute atomic E-state index is 0.100. The lowest BCUT2D eigenvalue weighted by Crippen LogP contribution is -2.15. The van der Waals surface area contributed by atoms with Crippen molar-refractivity contribution >= 4 is 5.84 Å². The molecular formula is C13H14N4O4. The predicted molar refractivity (Wildman–Crippen MR) is 74.2 cm³/mol. The first-order valence-corrected chi connectivity index (χ1v) is 5.88. The lowest BCUT2D eigenvalue weighted by molar-refractivity contribution is 0.318. The van der Waals surface area contributed by atoms with Crippen molar-refractivity contribution in [2.24, 2.45) is 10.9 Å². The van der Waals surface area contributed by atoms with Crippen molar-refractivity contribution in [1.29, 1.82) is 0 Å². The zero-order chi connectivity index (χ0) is 15.2. The van der Waals surface area contributed by atoms with E-state index in [2.05, 4.69) is 15.4 Å². The van der Waals surface area contributed by atoms with E-state index in [9.17, 15) is 0 Å². The molecule has 2 aromatic rings. The third-order valence-electron chi connectivity index (χ3n) is 2.61. The number of oxime groups is 1. The molecule has 0 atom stereocenters. The summed E-state index contributed by atoms with van der Waals surface area (Å²) in [7, 11) is 3.06. The van der Waals surface area contributed by atoms with Crippen LogP contribution in [0.25, 0.3) is 0 Å². The number of ether oxygens (including phenoxy) is 3. The molecule has 1 aromatic carbocycles. The summed E-state index contributed by atoms with van der Waals surface area (Å²) in [6, 6.07) is 6.52. The number of benzene rings is 1. The highest BCUT2D eigenvalue weighted by molar-refractivity contribution is 5.98. The topological polar surface area (TPSA) is 112 Å². The summed E-state index contributed by atoms with van der Waals surface area (Å²) in [5, 5.41) is 19.2. The average molecular weight is 290 g/mol. The molecule has 0 aliphatic carbocycles. The summed E-state index contributed by atoms with van der Waals surface area (Å²) < 4.78 is 15.9. The van der Waals surface area contributed by atoms with Crippen LogP contribution in [-0.4, -0.2) is 35.5 Å². The number of nitrogens with two attached hydrogens (primary N) is 1. The summed E-state index contributed by atoms with van der Waals surface area (Å²) in [5.74, 6) is 1.49. The Morgan fingerprint density at radius 1 is 1.14 bits per heavy atom. The van der Waals surface area contributed by atoms with E-state index >= 15 is 0 Å². The number of hydrogen-bond donors (Lipinski definition) is 2. The molecule has 0 radical (unpaired) electrons. The lowest BCUT2D eigenvalue weighted by atomic mass is 10.2. The predicted octanol–water partition coefficient (Wildman–Crippen LogP) is 1.38. The molecule has 1 aromatic heterocycles. The maximum atomic E-state index is 8.76. The number of rotatable bonds is 5. The zero-order valence-corrected chi connectivity index (χ0v) is 11.5. The summed E-state index contributed by atoms with van der Waals surface area (Å²) in [6.45, 7) is 0. The number of hydrogen-bond acceptors (Lipinski definition) is 7. The van der Waals surface area contributed by atoms with Crippen LogP contribution in [0.4, 0.5) is 0 Å². The van der Waals surface area contributed by atoms with Crippen molar-refractivity contribution in [2.75, 3.05) is 14.2 Å². The number of amidine groups is 1. The van der Waals surface area contributed by atoms with Crippen molar-refractivity contribution in [2.45, 2.75) is 0 Å². The van der Waals surface area contributed by atoms with E-state index in [4.69, 9.17) is 25.2 Å². The fraction of sp³-hybridized carbons (Fsp3) is 0.154. The van der Waals surface area contributed by atoms with E-state index in [1.165, 1.54) is 26.5 Å². The van der Waals surface area contributed by atoms with Crippen molar-refractivity contribution in [1.82, 2.24) is 10.2 Å². The van der Waals surface area contributed by atoms with Crippen LogP contribution >= 0.6 is 0 Å². The molecule has 0 saturated carbocycles. The minimum atomic E-state index is -0.130. The molecule has 1 heterocycles. The van der Waals surface area contributed by atoms with Gasteiger partial charge in [0.1, 0.15) is 17.2 Å². The average Bonchev–Trinajstić information content (AvgIpc) is 2.54. The molecule has 0 bridgehead atoms. The summed E-state index contributed by atoms with van der Waals surface area (Å²) in [4.78, 5) is 0. The Bertz CT molecular complexity index is 638. The number of aromatic nitrogens is 2. The molecule has 0 amide bonds. The quantitative estimate of drug-likeness (QED) is 0.370. The molecule has 21 heavy (non-hydrogen) atoms. The molecule has 110 valence electrons. The first kappa shape index (κ1) is 14.4. The van der Waals surface area contributed by atoms with Crippen LogP contribution in [0.5, 0.6) is 23.1 Å². The highest BCUT2D eigenvalue weighted by atomic mass is 16.5. The Morgan fingerprint density at radius 2 is 1.76 bits per heavy atom. The highest BCUT2D eigenvalue weighted by Gasteiger charge is 2.12. The standard InChI is InChI=1S/C13H14N4O4/c1-19-8-5-9(20-2)7-10(6-8)21-13-11(12(14)17-18)3-4-15-16-13/h3-7,18H,1-2H3,(H2,14,17). The Balaban J connectivity index is 2.38. The van der Waals surface area contributed by atoms with Crippen LogP contribution in [0.1, 0.15) is 5.56 Å². The Hall–Kier alpha value is -3.03. The van der Waals surface area contributed by atoms with Crippen molar-refractivity contribution in [3.8, 4) is 23.1 Å². The Labute approximate surface area is 120 Å². The van der Waals surface area contributed by atoms with Gasteiger partial charge in [-0.05, 0) is 6.07 Å². The van der Waals surface area contributed by atoms with Gasteiger partial charge in [-0.1, -0.05) is 5.16 Å². The molecule has 2 rings (SSSR count). The van der Waals surface area contributed by atoms with Gasteiger partial charge in [-0.15, -0.1) is 5.10 Å². The van der Waals surface area contributed by atoms with Crippen molar-refractivity contribution in [3.05, 3.63) is 36.0 Å². The molecule has 3 N–H and O–H groups in total. The van der Waals surface area contributed by atoms with Gasteiger partial charge in [-0.25, -0.2) is 0 Å². The van der Waals surface area contributed by atoms with E-state index in [-0.39, 0.29) is 11.7 Å². The smallest absolute Gasteiger partial charge is 0.250 e. The molecule has 0 unspecified atom stereocenters. The number of nitrogens with zero attached hydrogens (tertiary/aromatic N) is 3. The molecule has 8 nitrogen and oxygen atoms in total. The third-order valence-corrected chi connectivity index (χ3v) is 2.61. The second kappa shape index (κ2) is 6.42. The molecule has 8 heteroatoms. The fourth-order valence-electron chi connectivity index (χ4n) is 1.59. The van der Waals surface area contributed by atoms with Crippen LogP contribution < -0.4 is 19.9 Å². The van der Waals surface area contributed by atoms with E-state index in [1.54, 1.807) is 18.2 Å². The van der Waals surface area contributed by atoms with E-state index in [0.29, 0.717) is 22.8 Å². The first-order chi connectivity index (χ1) is 10.2. The fourth-order valence-corrected chi connectivity index (χ4v) is 1.59. The Morgan fingerprint density at radius 3 is 2.33 bits per heavy atom. The van der Waals surface area contributed by atoms with Gasteiger partial charge in [0.25, 0.3) is 0 Å². The van der Waals surface area contributed by atoms with E-state index < -0.39 is 0 Å². The molecule has 0 aliphatic heterocycles. The third kappa shape index (κ3) is 3.30. The lowest BCUT2D eigenvalue weighted by Gasteiger charge is -2.10. The van der Waals surface area contributed by atoms with E-state index in [0.717, 1.165) is 0 Å². The van der Waals surface area contributed by atoms with Gasteiger partial charge in [-0.3, -0.25) is 0 Å². The van der Waals surface area contributed by atoms with Gasteiger partial charge < -0.3 is 25.2 Å². The minimum Gasteiger partial charge on any atom is -0.496 e. The number of methoxy groups -OCH3 is 2.